The maximum atomic E-state index is 12.3. The third kappa shape index (κ3) is 3.28. The van der Waals surface area contributed by atoms with Gasteiger partial charge in [0.15, 0.2) is 5.13 Å². The summed E-state index contributed by atoms with van der Waals surface area (Å²) in [7, 11) is 0. The fraction of sp³-hybridized carbons (Fsp3) is 0.294. The number of benzene rings is 1. The van der Waals surface area contributed by atoms with Gasteiger partial charge in [-0.3, -0.25) is 4.79 Å². The Morgan fingerprint density at radius 1 is 1.25 bits per heavy atom. The molecular weight excluding hydrogens is 342 g/mol. The van der Waals surface area contributed by atoms with Crippen molar-refractivity contribution in [1.82, 2.24) is 10.3 Å². The van der Waals surface area contributed by atoms with Crippen molar-refractivity contribution in [3.63, 3.8) is 0 Å². The molecule has 0 radical (unpaired) electrons. The molecule has 0 unspecified atom stereocenters. The molecule has 5 nitrogen and oxygen atoms in total. The highest BCUT2D eigenvalue weighted by atomic mass is 32.1. The van der Waals surface area contributed by atoms with E-state index in [4.69, 9.17) is 4.74 Å². The number of hydrogen-bond acceptors (Lipinski definition) is 6. The SMILES string of the molecule is O=C(NCc1csc(N2CCOCC2)n1)c1ccc2sccc2c1. The van der Waals surface area contributed by atoms with Crippen molar-refractivity contribution in [3.8, 4) is 0 Å². The van der Waals surface area contributed by atoms with Gasteiger partial charge in [-0.1, -0.05) is 0 Å². The number of carbonyl (C=O) groups excluding carboxylic acids is 1. The van der Waals surface area contributed by atoms with Gasteiger partial charge in [0, 0.05) is 28.7 Å². The van der Waals surface area contributed by atoms with Crippen LogP contribution in [0.25, 0.3) is 10.1 Å². The summed E-state index contributed by atoms with van der Waals surface area (Å²) in [6, 6.07) is 7.83. The van der Waals surface area contributed by atoms with Gasteiger partial charge in [0.25, 0.3) is 5.91 Å². The van der Waals surface area contributed by atoms with Crippen molar-refractivity contribution in [3.05, 3.63) is 46.3 Å². The summed E-state index contributed by atoms with van der Waals surface area (Å²) >= 11 is 3.30. The second-order valence-electron chi connectivity index (χ2n) is 5.58. The zero-order valence-corrected chi connectivity index (χ0v) is 14.7. The van der Waals surface area contributed by atoms with Crippen LogP contribution in [0.1, 0.15) is 16.1 Å². The van der Waals surface area contributed by atoms with Gasteiger partial charge in [0.2, 0.25) is 0 Å². The number of fused-ring (bicyclic) bond motifs is 1. The van der Waals surface area contributed by atoms with Crippen LogP contribution in [0.3, 0.4) is 0 Å². The van der Waals surface area contributed by atoms with E-state index in [1.54, 1.807) is 22.7 Å². The van der Waals surface area contributed by atoms with Crippen LogP contribution in [0.5, 0.6) is 0 Å². The van der Waals surface area contributed by atoms with Gasteiger partial charge in [-0.05, 0) is 35.0 Å². The molecule has 7 heteroatoms. The predicted octanol–water partition coefficient (Wildman–Crippen LogP) is 3.12. The van der Waals surface area contributed by atoms with Gasteiger partial charge in [-0.25, -0.2) is 4.98 Å². The Morgan fingerprint density at radius 3 is 3.00 bits per heavy atom. The summed E-state index contributed by atoms with van der Waals surface area (Å²) < 4.78 is 6.56. The fourth-order valence-electron chi connectivity index (χ4n) is 2.66. The molecule has 0 saturated carbocycles. The van der Waals surface area contributed by atoms with Crippen molar-refractivity contribution >= 4 is 43.8 Å². The lowest BCUT2D eigenvalue weighted by Crippen LogP contribution is -2.36. The van der Waals surface area contributed by atoms with E-state index in [1.165, 1.54) is 4.70 Å². The van der Waals surface area contributed by atoms with E-state index in [2.05, 4.69) is 15.2 Å². The molecule has 1 aliphatic rings. The largest absolute Gasteiger partial charge is 0.378 e. The first-order valence-electron chi connectivity index (χ1n) is 7.82. The number of amides is 1. The number of morpholine rings is 1. The molecule has 0 aliphatic carbocycles. The third-order valence-electron chi connectivity index (χ3n) is 3.97. The van der Waals surface area contributed by atoms with E-state index in [9.17, 15) is 4.79 Å². The number of anilines is 1. The number of rotatable bonds is 4. The van der Waals surface area contributed by atoms with Crippen LogP contribution in [-0.4, -0.2) is 37.2 Å². The molecular formula is C17H17N3O2S2. The van der Waals surface area contributed by atoms with E-state index < -0.39 is 0 Å². The molecule has 3 heterocycles. The molecule has 1 amide bonds. The van der Waals surface area contributed by atoms with E-state index in [0.717, 1.165) is 42.5 Å². The molecule has 4 rings (SSSR count). The molecule has 1 saturated heterocycles. The minimum atomic E-state index is -0.0657. The summed E-state index contributed by atoms with van der Waals surface area (Å²) in [5.74, 6) is -0.0657. The average Bonchev–Trinajstić information content (AvgIpc) is 3.29. The predicted molar refractivity (Wildman–Crippen MR) is 98.1 cm³/mol. The lowest BCUT2D eigenvalue weighted by atomic mass is 10.1. The standard InChI is InChI=1S/C17H17N3O2S2/c21-16(13-1-2-15-12(9-13)3-8-23-15)18-10-14-11-24-17(19-14)20-4-6-22-7-5-20/h1-3,8-9,11H,4-7,10H2,(H,18,21). The molecule has 1 N–H and O–H groups in total. The molecule has 0 spiro atoms. The van der Waals surface area contributed by atoms with Crippen molar-refractivity contribution < 1.29 is 9.53 Å². The number of nitrogens with zero attached hydrogens (tertiary/aromatic N) is 2. The van der Waals surface area contributed by atoms with Crippen LogP contribution >= 0.6 is 22.7 Å². The summed E-state index contributed by atoms with van der Waals surface area (Å²) in [6.07, 6.45) is 0. The minimum Gasteiger partial charge on any atom is -0.378 e. The topological polar surface area (TPSA) is 54.5 Å². The number of thiophene rings is 1. The van der Waals surface area contributed by atoms with Crippen LogP contribution < -0.4 is 10.2 Å². The van der Waals surface area contributed by atoms with Crippen LogP contribution in [0, 0.1) is 0 Å². The van der Waals surface area contributed by atoms with Gasteiger partial charge in [0.05, 0.1) is 25.5 Å². The third-order valence-corrected chi connectivity index (χ3v) is 5.81. The van der Waals surface area contributed by atoms with Gasteiger partial charge < -0.3 is 15.0 Å². The molecule has 1 fully saturated rings. The summed E-state index contributed by atoms with van der Waals surface area (Å²) in [6.45, 7) is 3.69. The smallest absolute Gasteiger partial charge is 0.251 e. The second-order valence-corrected chi connectivity index (χ2v) is 7.36. The average molecular weight is 359 g/mol. The van der Waals surface area contributed by atoms with Crippen LogP contribution in [0.15, 0.2) is 35.0 Å². The first kappa shape index (κ1) is 15.6. The second kappa shape index (κ2) is 6.88. The van der Waals surface area contributed by atoms with Crippen LogP contribution in [0.4, 0.5) is 5.13 Å². The molecule has 3 aromatic rings. The highest BCUT2D eigenvalue weighted by Gasteiger charge is 2.15. The van der Waals surface area contributed by atoms with Gasteiger partial charge in [-0.15, -0.1) is 22.7 Å². The highest BCUT2D eigenvalue weighted by molar-refractivity contribution is 7.17. The Labute approximate surface area is 147 Å². The van der Waals surface area contributed by atoms with E-state index in [-0.39, 0.29) is 5.91 Å². The lowest BCUT2D eigenvalue weighted by Gasteiger charge is -2.26. The molecule has 1 aliphatic heterocycles. The van der Waals surface area contributed by atoms with E-state index >= 15 is 0 Å². The summed E-state index contributed by atoms with van der Waals surface area (Å²) in [4.78, 5) is 19.2. The van der Waals surface area contributed by atoms with Crippen molar-refractivity contribution in [2.45, 2.75) is 6.54 Å². The number of ether oxygens (including phenoxy) is 1. The number of aromatic nitrogens is 1. The Bertz CT molecular complexity index is 852. The quantitative estimate of drug-likeness (QED) is 0.778. The van der Waals surface area contributed by atoms with Crippen molar-refractivity contribution in [2.75, 3.05) is 31.2 Å². The summed E-state index contributed by atoms with van der Waals surface area (Å²) in [5.41, 5.74) is 1.58. The fourth-order valence-corrected chi connectivity index (χ4v) is 4.31. The van der Waals surface area contributed by atoms with Crippen LogP contribution in [-0.2, 0) is 11.3 Å². The molecule has 0 bridgehead atoms. The first-order chi connectivity index (χ1) is 11.8. The van der Waals surface area contributed by atoms with Gasteiger partial charge >= 0.3 is 0 Å². The Hall–Kier alpha value is -1.96. The van der Waals surface area contributed by atoms with Crippen LogP contribution in [0.2, 0.25) is 0 Å². The normalized spacial score (nSPS) is 14.9. The maximum absolute atomic E-state index is 12.3. The Morgan fingerprint density at radius 2 is 2.12 bits per heavy atom. The lowest BCUT2D eigenvalue weighted by molar-refractivity contribution is 0.0950. The Balaban J connectivity index is 1.39. The van der Waals surface area contributed by atoms with Gasteiger partial charge in [-0.2, -0.15) is 0 Å². The van der Waals surface area contributed by atoms with Crippen molar-refractivity contribution in [1.29, 1.82) is 0 Å². The zero-order valence-electron chi connectivity index (χ0n) is 13.0. The maximum Gasteiger partial charge on any atom is 0.251 e. The highest BCUT2D eigenvalue weighted by Crippen LogP contribution is 2.23. The molecule has 124 valence electrons. The molecule has 0 atom stereocenters. The number of nitrogens with one attached hydrogen (secondary N) is 1. The Kier molecular flexibility index (Phi) is 4.46. The molecule has 1 aromatic carbocycles. The number of hydrogen-bond donors (Lipinski definition) is 1. The number of thiazole rings is 1. The molecule has 2 aromatic heterocycles. The monoisotopic (exact) mass is 359 g/mol. The summed E-state index contributed by atoms with van der Waals surface area (Å²) in [5, 5.41) is 9.11. The van der Waals surface area contributed by atoms with E-state index in [0.29, 0.717) is 12.1 Å². The number of carbonyl (C=O) groups is 1. The molecule has 24 heavy (non-hydrogen) atoms. The first-order valence-corrected chi connectivity index (χ1v) is 9.58. The minimum absolute atomic E-state index is 0.0657. The zero-order chi connectivity index (χ0) is 16.4. The van der Waals surface area contributed by atoms with E-state index in [1.807, 2.05) is 35.0 Å². The van der Waals surface area contributed by atoms with Gasteiger partial charge in [0.1, 0.15) is 0 Å². The van der Waals surface area contributed by atoms with Crippen molar-refractivity contribution in [2.24, 2.45) is 0 Å².